The zero-order valence-corrected chi connectivity index (χ0v) is 8.17. The maximum absolute atomic E-state index is 9.77. The molecule has 0 spiro atoms. The largest absolute Gasteiger partial charge is 0.479 e. The van der Waals surface area contributed by atoms with E-state index in [1.54, 1.807) is 0 Å². The van der Waals surface area contributed by atoms with Gasteiger partial charge in [-0.25, -0.2) is 9.59 Å². The number of hydrogen-bond acceptors (Lipinski definition) is 4. The minimum Gasteiger partial charge on any atom is -0.479 e. The van der Waals surface area contributed by atoms with Crippen LogP contribution in [0.15, 0.2) is 0 Å². The molecule has 0 fully saturated rings. The fraction of sp³-hybridized carbons (Fsp3) is 0.750. The van der Waals surface area contributed by atoms with Crippen molar-refractivity contribution in [2.45, 2.75) is 38.9 Å². The number of unbranched alkanes of at least 4 members (excludes halogenated alkanes) is 1. The smallest absolute Gasteiger partial charge is 0.335 e. The van der Waals surface area contributed by atoms with E-state index >= 15 is 0 Å². The molecule has 4 N–H and O–H groups in total. The highest BCUT2D eigenvalue weighted by atomic mass is 16.4. The molecule has 0 radical (unpaired) electrons. The standard InChI is InChI=1S/C4H6O6.C4H10/c5-1(3(7)8)2(6)4(9)10;1-3-4-2/h1-2,5-6H,(H,7,8)(H,9,10);3-4H2,1-2H3. The summed E-state index contributed by atoms with van der Waals surface area (Å²) in [5.74, 6) is -3.54. The molecule has 0 aromatic rings. The zero-order valence-electron chi connectivity index (χ0n) is 8.17. The Bertz CT molecular complexity index is 159. The van der Waals surface area contributed by atoms with E-state index in [1.165, 1.54) is 12.8 Å². The third-order valence-corrected chi connectivity index (χ3v) is 1.31. The third-order valence-electron chi connectivity index (χ3n) is 1.31. The van der Waals surface area contributed by atoms with Crippen molar-refractivity contribution in [3.05, 3.63) is 0 Å². The van der Waals surface area contributed by atoms with Gasteiger partial charge in [0.25, 0.3) is 0 Å². The number of carboxylic acid groups (broad SMARTS) is 2. The Kier molecular flexibility index (Phi) is 9.27. The van der Waals surface area contributed by atoms with E-state index in [9.17, 15) is 9.59 Å². The molecule has 14 heavy (non-hydrogen) atoms. The van der Waals surface area contributed by atoms with Crippen LogP contribution in [0, 0.1) is 0 Å². The van der Waals surface area contributed by atoms with Gasteiger partial charge in [0.15, 0.2) is 12.2 Å². The van der Waals surface area contributed by atoms with Gasteiger partial charge in [-0.3, -0.25) is 0 Å². The highest BCUT2D eigenvalue weighted by Crippen LogP contribution is 1.92. The Labute approximate surface area is 81.8 Å². The SMILES string of the molecule is CCCC.O=C(O)C(O)C(O)C(=O)O. The Morgan fingerprint density at radius 1 is 0.929 bits per heavy atom. The summed E-state index contributed by atoms with van der Waals surface area (Å²) in [6.07, 6.45) is -1.89. The van der Waals surface area contributed by atoms with Crippen molar-refractivity contribution in [1.29, 1.82) is 0 Å². The van der Waals surface area contributed by atoms with Gasteiger partial charge in [-0.05, 0) is 0 Å². The van der Waals surface area contributed by atoms with Crippen molar-refractivity contribution >= 4 is 11.9 Å². The van der Waals surface area contributed by atoms with E-state index in [1.807, 2.05) is 0 Å². The summed E-state index contributed by atoms with van der Waals surface area (Å²) in [5, 5.41) is 32.5. The van der Waals surface area contributed by atoms with Crippen LogP contribution >= 0.6 is 0 Å². The van der Waals surface area contributed by atoms with Gasteiger partial charge >= 0.3 is 11.9 Å². The molecule has 84 valence electrons. The maximum Gasteiger partial charge on any atom is 0.335 e. The fourth-order valence-electron chi connectivity index (χ4n) is 0.270. The first kappa shape index (κ1) is 15.3. The molecule has 6 nitrogen and oxygen atoms in total. The molecular weight excluding hydrogens is 192 g/mol. The fourth-order valence-corrected chi connectivity index (χ4v) is 0.270. The van der Waals surface area contributed by atoms with E-state index in [4.69, 9.17) is 20.4 Å². The van der Waals surface area contributed by atoms with Gasteiger partial charge in [0.1, 0.15) is 0 Å². The second-order valence-electron chi connectivity index (χ2n) is 2.57. The van der Waals surface area contributed by atoms with Crippen molar-refractivity contribution in [1.82, 2.24) is 0 Å². The summed E-state index contributed by atoms with van der Waals surface area (Å²) in [7, 11) is 0. The summed E-state index contributed by atoms with van der Waals surface area (Å²) in [4.78, 5) is 19.5. The molecule has 0 aromatic carbocycles. The van der Waals surface area contributed by atoms with Crippen LogP contribution in [-0.4, -0.2) is 44.6 Å². The van der Waals surface area contributed by atoms with E-state index in [2.05, 4.69) is 13.8 Å². The summed E-state index contributed by atoms with van der Waals surface area (Å²) < 4.78 is 0. The van der Waals surface area contributed by atoms with Gasteiger partial charge < -0.3 is 20.4 Å². The summed E-state index contributed by atoms with van der Waals surface area (Å²) in [5.41, 5.74) is 0. The molecule has 0 bridgehead atoms. The van der Waals surface area contributed by atoms with E-state index < -0.39 is 24.1 Å². The molecule has 0 amide bonds. The van der Waals surface area contributed by atoms with Gasteiger partial charge in [0, 0.05) is 0 Å². The number of carboxylic acids is 2. The van der Waals surface area contributed by atoms with Gasteiger partial charge in [-0.15, -0.1) is 0 Å². The molecule has 0 aliphatic heterocycles. The normalized spacial score (nSPS) is 13.4. The minimum absolute atomic E-state index is 1.32. The first-order valence-corrected chi connectivity index (χ1v) is 4.20. The van der Waals surface area contributed by atoms with Crippen LogP contribution in [0.25, 0.3) is 0 Å². The average molecular weight is 208 g/mol. The highest BCUT2D eigenvalue weighted by molar-refractivity contribution is 5.82. The molecule has 0 aromatic heterocycles. The van der Waals surface area contributed by atoms with Crippen LogP contribution in [0.4, 0.5) is 0 Å². The van der Waals surface area contributed by atoms with Crippen LogP contribution in [-0.2, 0) is 9.59 Å². The maximum atomic E-state index is 9.77. The van der Waals surface area contributed by atoms with Crippen LogP contribution in [0.3, 0.4) is 0 Å². The molecule has 0 heterocycles. The molecule has 2 unspecified atom stereocenters. The molecule has 0 aliphatic carbocycles. The number of rotatable bonds is 4. The molecule has 0 saturated carbocycles. The Morgan fingerprint density at radius 2 is 1.14 bits per heavy atom. The van der Waals surface area contributed by atoms with Crippen LogP contribution in [0.2, 0.25) is 0 Å². The lowest BCUT2D eigenvalue weighted by atomic mass is 10.2. The highest BCUT2D eigenvalue weighted by Gasteiger charge is 2.29. The van der Waals surface area contributed by atoms with E-state index in [0.717, 1.165) is 0 Å². The monoisotopic (exact) mass is 208 g/mol. The predicted octanol–water partition coefficient (Wildman–Crippen LogP) is -0.316. The topological polar surface area (TPSA) is 115 Å². The number of aliphatic hydroxyl groups is 2. The van der Waals surface area contributed by atoms with E-state index in [-0.39, 0.29) is 0 Å². The van der Waals surface area contributed by atoms with Gasteiger partial charge in [0.05, 0.1) is 0 Å². The van der Waals surface area contributed by atoms with Crippen molar-refractivity contribution in [2.75, 3.05) is 0 Å². The summed E-state index contributed by atoms with van der Waals surface area (Å²) in [6.45, 7) is 4.36. The quantitative estimate of drug-likeness (QED) is 0.503. The molecule has 0 rings (SSSR count). The minimum atomic E-state index is -2.27. The van der Waals surface area contributed by atoms with Crippen molar-refractivity contribution < 1.29 is 30.0 Å². The molecule has 0 aliphatic rings. The van der Waals surface area contributed by atoms with Crippen LogP contribution in [0.5, 0.6) is 0 Å². The Hall–Kier alpha value is -1.14. The van der Waals surface area contributed by atoms with Crippen molar-refractivity contribution in [3.8, 4) is 0 Å². The lowest BCUT2D eigenvalue weighted by molar-refractivity contribution is -0.165. The average Bonchev–Trinajstić information content (AvgIpc) is 2.15. The van der Waals surface area contributed by atoms with Crippen molar-refractivity contribution in [3.63, 3.8) is 0 Å². The molecule has 0 saturated heterocycles. The lowest BCUT2D eigenvalue weighted by Gasteiger charge is -2.07. The number of carbonyl (C=O) groups is 2. The first-order chi connectivity index (χ1) is 6.38. The van der Waals surface area contributed by atoms with E-state index in [0.29, 0.717) is 0 Å². The summed E-state index contributed by atoms with van der Waals surface area (Å²) in [6, 6.07) is 0. The van der Waals surface area contributed by atoms with Crippen molar-refractivity contribution in [2.24, 2.45) is 0 Å². The third kappa shape index (κ3) is 7.51. The van der Waals surface area contributed by atoms with Gasteiger partial charge in [-0.1, -0.05) is 26.7 Å². The second kappa shape index (κ2) is 8.46. The Balaban J connectivity index is 0. The molecular formula is C8H16O6. The molecule has 2 atom stereocenters. The zero-order chi connectivity index (χ0) is 11.7. The number of aliphatic hydroxyl groups excluding tert-OH is 2. The second-order valence-corrected chi connectivity index (χ2v) is 2.57. The first-order valence-electron chi connectivity index (χ1n) is 4.20. The van der Waals surface area contributed by atoms with Gasteiger partial charge in [0.2, 0.25) is 0 Å². The summed E-state index contributed by atoms with van der Waals surface area (Å²) >= 11 is 0. The van der Waals surface area contributed by atoms with Crippen LogP contribution in [0.1, 0.15) is 26.7 Å². The number of hydrogen-bond donors (Lipinski definition) is 4. The molecule has 6 heteroatoms. The lowest BCUT2D eigenvalue weighted by Crippen LogP contribution is -2.39. The van der Waals surface area contributed by atoms with Crippen LogP contribution < -0.4 is 0 Å². The Morgan fingerprint density at radius 3 is 1.21 bits per heavy atom. The predicted molar refractivity (Wildman–Crippen MR) is 47.9 cm³/mol. The van der Waals surface area contributed by atoms with Gasteiger partial charge in [-0.2, -0.15) is 0 Å². The number of aliphatic carboxylic acids is 2.